The Morgan fingerprint density at radius 1 is 1.45 bits per heavy atom. The molecule has 0 spiro atoms. The van der Waals surface area contributed by atoms with Crippen molar-refractivity contribution < 1.29 is 27.5 Å². The summed E-state index contributed by atoms with van der Waals surface area (Å²) in [6.45, 7) is -0.366. The first-order valence-electron chi connectivity index (χ1n) is 5.44. The number of amides is 1. The summed E-state index contributed by atoms with van der Waals surface area (Å²) in [5, 5.41) is 1.67. The Kier molecular flexibility index (Phi) is 5.55. The van der Waals surface area contributed by atoms with Crippen LogP contribution >= 0.6 is 15.9 Å². The molecule has 0 bridgehead atoms. The van der Waals surface area contributed by atoms with Crippen molar-refractivity contribution in [3.63, 3.8) is 0 Å². The number of benzene rings is 1. The number of alkyl halides is 3. The van der Waals surface area contributed by atoms with Crippen LogP contribution in [0.5, 0.6) is 5.75 Å². The Morgan fingerprint density at radius 3 is 2.65 bits per heavy atom. The van der Waals surface area contributed by atoms with E-state index in [2.05, 4.69) is 15.9 Å². The molecular formula is C12H11BrF3NO3. The third kappa shape index (κ3) is 5.20. The molecule has 4 nitrogen and oxygen atoms in total. The number of hydrogen-bond acceptors (Lipinski definition) is 3. The van der Waals surface area contributed by atoms with Gasteiger partial charge in [0, 0.05) is 4.47 Å². The van der Waals surface area contributed by atoms with Gasteiger partial charge < -0.3 is 10.1 Å². The van der Waals surface area contributed by atoms with Crippen molar-refractivity contribution in [1.82, 2.24) is 5.32 Å². The minimum atomic E-state index is -4.48. The lowest BCUT2D eigenvalue weighted by Gasteiger charge is -2.12. The summed E-state index contributed by atoms with van der Waals surface area (Å²) < 4.78 is 41.5. The van der Waals surface area contributed by atoms with Crippen LogP contribution in [-0.2, 0) is 4.79 Å². The summed E-state index contributed by atoms with van der Waals surface area (Å²) >= 11 is 3.20. The number of nitrogens with one attached hydrogen (secondary N) is 1. The molecule has 20 heavy (non-hydrogen) atoms. The van der Waals surface area contributed by atoms with Crippen molar-refractivity contribution in [1.29, 1.82) is 0 Å². The summed E-state index contributed by atoms with van der Waals surface area (Å²) in [4.78, 5) is 22.1. The molecule has 0 unspecified atom stereocenters. The van der Waals surface area contributed by atoms with Gasteiger partial charge >= 0.3 is 6.18 Å². The van der Waals surface area contributed by atoms with Gasteiger partial charge in [-0.2, -0.15) is 13.2 Å². The standard InChI is InChI=1S/C12H11BrF3NO3/c1-7-2-9(13)3-8(4-18)11(7)20-5-10(19)17-6-12(14,15)16/h2-4H,5-6H2,1H3,(H,17,19). The van der Waals surface area contributed by atoms with E-state index >= 15 is 0 Å². The number of halogens is 4. The van der Waals surface area contributed by atoms with Crippen LogP contribution < -0.4 is 10.1 Å². The van der Waals surface area contributed by atoms with E-state index in [1.54, 1.807) is 18.3 Å². The molecule has 1 aromatic rings. The van der Waals surface area contributed by atoms with E-state index in [0.717, 1.165) is 0 Å². The molecule has 1 amide bonds. The molecule has 1 rings (SSSR count). The van der Waals surface area contributed by atoms with Crippen molar-refractivity contribution in [3.8, 4) is 5.75 Å². The Bertz CT molecular complexity index is 517. The maximum absolute atomic E-state index is 11.9. The summed E-state index contributed by atoms with van der Waals surface area (Å²) in [5.74, 6) is -0.744. The highest BCUT2D eigenvalue weighted by Crippen LogP contribution is 2.26. The SMILES string of the molecule is Cc1cc(Br)cc(C=O)c1OCC(=O)NCC(F)(F)F. The van der Waals surface area contributed by atoms with Crippen LogP contribution in [0.2, 0.25) is 0 Å². The molecular weight excluding hydrogens is 343 g/mol. The second-order valence-corrected chi connectivity index (χ2v) is 4.86. The van der Waals surface area contributed by atoms with Gasteiger partial charge in [0.15, 0.2) is 12.9 Å². The average Bonchev–Trinajstić information content (AvgIpc) is 2.33. The first-order chi connectivity index (χ1) is 9.23. The maximum Gasteiger partial charge on any atom is 0.405 e. The molecule has 8 heteroatoms. The van der Waals surface area contributed by atoms with Crippen molar-refractivity contribution in [2.45, 2.75) is 13.1 Å². The fraction of sp³-hybridized carbons (Fsp3) is 0.333. The highest BCUT2D eigenvalue weighted by molar-refractivity contribution is 9.10. The minimum Gasteiger partial charge on any atom is -0.483 e. The van der Waals surface area contributed by atoms with E-state index < -0.39 is 25.2 Å². The number of aryl methyl sites for hydroxylation is 1. The number of carbonyl (C=O) groups is 2. The topological polar surface area (TPSA) is 55.4 Å². The van der Waals surface area contributed by atoms with Gasteiger partial charge in [-0.1, -0.05) is 15.9 Å². The normalized spacial score (nSPS) is 11.1. The second kappa shape index (κ2) is 6.74. The van der Waals surface area contributed by atoms with Crippen LogP contribution in [0.3, 0.4) is 0 Å². The summed E-state index contributed by atoms with van der Waals surface area (Å²) in [6.07, 6.45) is -3.93. The molecule has 0 aliphatic heterocycles. The average molecular weight is 354 g/mol. The Hall–Kier alpha value is -1.57. The number of ether oxygens (including phenoxy) is 1. The summed E-state index contributed by atoms with van der Waals surface area (Å²) in [6, 6.07) is 3.15. The third-order valence-corrected chi connectivity index (χ3v) is 2.69. The smallest absolute Gasteiger partial charge is 0.405 e. The molecule has 0 aliphatic rings. The Morgan fingerprint density at radius 2 is 2.10 bits per heavy atom. The van der Waals surface area contributed by atoms with E-state index in [4.69, 9.17) is 4.74 Å². The van der Waals surface area contributed by atoms with Crippen molar-refractivity contribution in [2.24, 2.45) is 0 Å². The van der Waals surface area contributed by atoms with Crippen LogP contribution in [0, 0.1) is 6.92 Å². The van der Waals surface area contributed by atoms with Gasteiger partial charge in [0.2, 0.25) is 0 Å². The van der Waals surface area contributed by atoms with Gasteiger partial charge in [0.25, 0.3) is 5.91 Å². The van der Waals surface area contributed by atoms with Gasteiger partial charge in [-0.15, -0.1) is 0 Å². The zero-order valence-corrected chi connectivity index (χ0v) is 12.0. The third-order valence-electron chi connectivity index (χ3n) is 2.23. The number of carbonyl (C=O) groups excluding carboxylic acids is 2. The van der Waals surface area contributed by atoms with E-state index in [9.17, 15) is 22.8 Å². The first-order valence-corrected chi connectivity index (χ1v) is 6.24. The van der Waals surface area contributed by atoms with Gasteiger partial charge in [-0.25, -0.2) is 0 Å². The lowest BCUT2D eigenvalue weighted by molar-refractivity contribution is -0.139. The fourth-order valence-corrected chi connectivity index (χ4v) is 2.02. The molecule has 0 atom stereocenters. The quantitative estimate of drug-likeness (QED) is 0.828. The fourth-order valence-electron chi connectivity index (χ4n) is 1.43. The van der Waals surface area contributed by atoms with Crippen LogP contribution in [0.1, 0.15) is 15.9 Å². The van der Waals surface area contributed by atoms with Crippen LogP contribution in [0.25, 0.3) is 0 Å². The molecule has 0 saturated carbocycles. The lowest BCUT2D eigenvalue weighted by atomic mass is 10.1. The van der Waals surface area contributed by atoms with E-state index in [0.29, 0.717) is 16.3 Å². The predicted octanol–water partition coefficient (Wildman–Crippen LogP) is 2.63. The van der Waals surface area contributed by atoms with Crippen molar-refractivity contribution >= 4 is 28.1 Å². The molecule has 1 aromatic carbocycles. The van der Waals surface area contributed by atoms with Gasteiger partial charge in [0.05, 0.1) is 5.56 Å². The van der Waals surface area contributed by atoms with E-state index in [1.165, 1.54) is 6.07 Å². The molecule has 0 saturated heterocycles. The monoisotopic (exact) mass is 353 g/mol. The highest BCUT2D eigenvalue weighted by atomic mass is 79.9. The first kappa shape index (κ1) is 16.5. The minimum absolute atomic E-state index is 0.172. The zero-order valence-electron chi connectivity index (χ0n) is 10.4. The molecule has 0 aromatic heterocycles. The number of aldehydes is 1. The molecule has 0 radical (unpaired) electrons. The maximum atomic E-state index is 11.9. The van der Waals surface area contributed by atoms with Crippen molar-refractivity contribution in [3.05, 3.63) is 27.7 Å². The van der Waals surface area contributed by atoms with E-state index in [-0.39, 0.29) is 11.3 Å². The predicted molar refractivity (Wildman–Crippen MR) is 68.8 cm³/mol. The Balaban J connectivity index is 2.66. The van der Waals surface area contributed by atoms with Gasteiger partial charge in [0.1, 0.15) is 12.3 Å². The zero-order chi connectivity index (χ0) is 15.3. The van der Waals surface area contributed by atoms with Crippen LogP contribution in [0.15, 0.2) is 16.6 Å². The summed E-state index contributed by atoms with van der Waals surface area (Å²) in [7, 11) is 0. The van der Waals surface area contributed by atoms with E-state index in [1.807, 2.05) is 0 Å². The molecule has 0 heterocycles. The van der Waals surface area contributed by atoms with Crippen LogP contribution in [-0.4, -0.2) is 31.5 Å². The highest BCUT2D eigenvalue weighted by Gasteiger charge is 2.27. The molecule has 1 N–H and O–H groups in total. The van der Waals surface area contributed by atoms with Gasteiger partial charge in [-0.3, -0.25) is 9.59 Å². The number of hydrogen-bond donors (Lipinski definition) is 1. The molecule has 0 fully saturated rings. The molecule has 110 valence electrons. The van der Waals surface area contributed by atoms with Crippen molar-refractivity contribution in [2.75, 3.05) is 13.2 Å². The lowest BCUT2D eigenvalue weighted by Crippen LogP contribution is -2.36. The largest absolute Gasteiger partial charge is 0.483 e. The Labute approximate surface area is 121 Å². The van der Waals surface area contributed by atoms with Crippen LogP contribution in [0.4, 0.5) is 13.2 Å². The summed E-state index contributed by atoms with van der Waals surface area (Å²) in [5.41, 5.74) is 0.797. The van der Waals surface area contributed by atoms with Gasteiger partial charge in [-0.05, 0) is 24.6 Å². The number of rotatable bonds is 5. The molecule has 0 aliphatic carbocycles. The second-order valence-electron chi connectivity index (χ2n) is 3.94.